The summed E-state index contributed by atoms with van der Waals surface area (Å²) >= 11 is 17.2. The minimum atomic E-state index is 0.0577. The molecule has 20 heavy (non-hydrogen) atoms. The summed E-state index contributed by atoms with van der Waals surface area (Å²) < 4.78 is 1.08. The van der Waals surface area contributed by atoms with Gasteiger partial charge in [-0.1, -0.05) is 45.2 Å². The largest absolute Gasteiger partial charge is 0.327 e. The first kappa shape index (κ1) is 16.2. The van der Waals surface area contributed by atoms with Gasteiger partial charge < -0.3 is 5.73 Å². The average molecular weight is 391 g/mol. The number of benzene rings is 2. The monoisotopic (exact) mass is 389 g/mol. The van der Waals surface area contributed by atoms with Crippen LogP contribution in [0.15, 0.2) is 51.8 Å². The molecule has 0 spiro atoms. The lowest BCUT2D eigenvalue weighted by atomic mass is 10.1. The molecular weight excluding hydrogens is 377 g/mol. The van der Waals surface area contributed by atoms with Gasteiger partial charge in [0, 0.05) is 31.2 Å². The summed E-state index contributed by atoms with van der Waals surface area (Å²) in [7, 11) is 0. The molecule has 0 heterocycles. The molecule has 2 rings (SSSR count). The highest BCUT2D eigenvalue weighted by atomic mass is 79.9. The van der Waals surface area contributed by atoms with Gasteiger partial charge in [0.1, 0.15) is 0 Å². The smallest absolute Gasteiger partial charge is 0.0453 e. The Morgan fingerprint density at radius 1 is 1.10 bits per heavy atom. The van der Waals surface area contributed by atoms with Crippen LogP contribution < -0.4 is 5.73 Å². The summed E-state index contributed by atoms with van der Waals surface area (Å²) in [5.74, 6) is 0.848. The molecule has 2 aromatic rings. The zero-order valence-corrected chi connectivity index (χ0v) is 14.6. The van der Waals surface area contributed by atoms with Crippen LogP contribution >= 0.6 is 50.9 Å². The van der Waals surface area contributed by atoms with E-state index < -0.39 is 0 Å². The predicted molar refractivity (Wildman–Crippen MR) is 93.0 cm³/mol. The van der Waals surface area contributed by atoms with E-state index in [2.05, 4.69) is 28.1 Å². The second-order valence-corrected chi connectivity index (χ2v) is 7.32. The maximum atomic E-state index is 6.17. The van der Waals surface area contributed by atoms with Gasteiger partial charge in [-0.3, -0.25) is 0 Å². The molecule has 2 N–H and O–H groups in total. The van der Waals surface area contributed by atoms with E-state index in [9.17, 15) is 0 Å². The van der Waals surface area contributed by atoms with Crippen LogP contribution in [0, 0.1) is 0 Å². The molecule has 1 atom stereocenters. The molecule has 0 aliphatic heterocycles. The van der Waals surface area contributed by atoms with Gasteiger partial charge in [-0.2, -0.15) is 0 Å². The van der Waals surface area contributed by atoms with Crippen molar-refractivity contribution in [1.82, 2.24) is 0 Å². The number of thioether (sulfide) groups is 1. The lowest BCUT2D eigenvalue weighted by Gasteiger charge is -2.12. The summed E-state index contributed by atoms with van der Waals surface area (Å²) in [6, 6.07) is 13.8. The Hall–Kier alpha value is -0.190. The van der Waals surface area contributed by atoms with Gasteiger partial charge in [0.25, 0.3) is 0 Å². The van der Waals surface area contributed by atoms with Crippen molar-refractivity contribution >= 4 is 50.9 Å². The summed E-state index contributed by atoms with van der Waals surface area (Å²) in [5, 5.41) is 1.33. The van der Waals surface area contributed by atoms with Gasteiger partial charge in [0.05, 0.1) is 0 Å². The predicted octanol–water partition coefficient (Wildman–Crippen LogP) is 5.42. The Morgan fingerprint density at radius 2 is 1.80 bits per heavy atom. The summed E-state index contributed by atoms with van der Waals surface area (Å²) in [5.41, 5.74) is 7.21. The van der Waals surface area contributed by atoms with Gasteiger partial charge in [0.2, 0.25) is 0 Å². The standard InChI is InChI=1S/C15H14BrCl2NS/c16-11-2-5-14(6-3-11)20-9-13(19)7-10-1-4-12(17)8-15(10)18/h1-6,8,13H,7,9,19H2. The highest BCUT2D eigenvalue weighted by molar-refractivity contribution is 9.10. The van der Waals surface area contributed by atoms with Crippen molar-refractivity contribution < 1.29 is 0 Å². The molecule has 1 unspecified atom stereocenters. The Labute approximate surface area is 142 Å². The lowest BCUT2D eigenvalue weighted by molar-refractivity contribution is 0.749. The van der Waals surface area contributed by atoms with Gasteiger partial charge >= 0.3 is 0 Å². The molecule has 5 heteroatoms. The molecule has 106 valence electrons. The lowest BCUT2D eigenvalue weighted by Crippen LogP contribution is -2.25. The number of nitrogens with two attached hydrogens (primary N) is 1. The number of hydrogen-bond acceptors (Lipinski definition) is 2. The Bertz CT molecular complexity index is 575. The quantitative estimate of drug-likeness (QED) is 0.690. The zero-order valence-electron chi connectivity index (χ0n) is 10.7. The first-order chi connectivity index (χ1) is 9.54. The van der Waals surface area contributed by atoms with E-state index in [1.807, 2.05) is 24.3 Å². The van der Waals surface area contributed by atoms with Gasteiger partial charge in [-0.05, 0) is 48.4 Å². The highest BCUT2D eigenvalue weighted by Crippen LogP contribution is 2.24. The van der Waals surface area contributed by atoms with E-state index in [1.54, 1.807) is 17.8 Å². The molecule has 0 saturated carbocycles. The normalized spacial score (nSPS) is 12.4. The number of hydrogen-bond donors (Lipinski definition) is 1. The van der Waals surface area contributed by atoms with Gasteiger partial charge in [-0.15, -0.1) is 11.8 Å². The van der Waals surface area contributed by atoms with Crippen molar-refractivity contribution in [2.75, 3.05) is 5.75 Å². The Balaban J connectivity index is 1.89. The molecule has 0 radical (unpaired) electrons. The third-order valence-corrected chi connectivity index (χ3v) is 5.09. The molecule has 0 aromatic heterocycles. The summed E-state index contributed by atoms with van der Waals surface area (Å²) in [4.78, 5) is 1.21. The fourth-order valence-electron chi connectivity index (χ4n) is 1.76. The molecule has 0 aliphatic carbocycles. The van der Waals surface area contributed by atoms with E-state index in [-0.39, 0.29) is 6.04 Å². The van der Waals surface area contributed by atoms with Crippen molar-refractivity contribution in [3.05, 3.63) is 62.5 Å². The molecule has 0 aliphatic rings. The molecule has 0 bridgehead atoms. The third kappa shape index (κ3) is 4.97. The van der Waals surface area contributed by atoms with Crippen molar-refractivity contribution in [3.8, 4) is 0 Å². The SMILES string of the molecule is NC(CSc1ccc(Br)cc1)Cc1ccc(Cl)cc1Cl. The number of halogens is 3. The maximum absolute atomic E-state index is 6.17. The average Bonchev–Trinajstić information content (AvgIpc) is 2.41. The minimum Gasteiger partial charge on any atom is -0.327 e. The molecule has 2 aromatic carbocycles. The zero-order chi connectivity index (χ0) is 14.5. The van der Waals surface area contributed by atoms with Crippen molar-refractivity contribution in [3.63, 3.8) is 0 Å². The second-order valence-electron chi connectivity index (χ2n) is 4.46. The van der Waals surface area contributed by atoms with Crippen LogP contribution in [0.2, 0.25) is 10.0 Å². The fourth-order valence-corrected chi connectivity index (χ4v) is 3.37. The molecule has 0 amide bonds. The van der Waals surface area contributed by atoms with Gasteiger partial charge in [-0.25, -0.2) is 0 Å². The van der Waals surface area contributed by atoms with E-state index in [0.717, 1.165) is 22.2 Å². The molecule has 1 nitrogen and oxygen atoms in total. The Kier molecular flexibility index (Phi) is 6.24. The topological polar surface area (TPSA) is 26.0 Å². The van der Waals surface area contributed by atoms with Crippen LogP contribution in [0.4, 0.5) is 0 Å². The van der Waals surface area contributed by atoms with Crippen molar-refractivity contribution in [2.24, 2.45) is 5.73 Å². The number of rotatable bonds is 5. The van der Waals surface area contributed by atoms with Crippen LogP contribution in [-0.2, 0) is 6.42 Å². The van der Waals surface area contributed by atoms with Crippen molar-refractivity contribution in [1.29, 1.82) is 0 Å². The first-order valence-corrected chi connectivity index (χ1v) is 8.66. The summed E-state index contributed by atoms with van der Waals surface area (Å²) in [6.45, 7) is 0. The fraction of sp³-hybridized carbons (Fsp3) is 0.200. The maximum Gasteiger partial charge on any atom is 0.0453 e. The molecular formula is C15H14BrCl2NS. The van der Waals surface area contributed by atoms with Crippen molar-refractivity contribution in [2.45, 2.75) is 17.4 Å². The second kappa shape index (κ2) is 7.71. The van der Waals surface area contributed by atoms with Crippen LogP contribution in [0.5, 0.6) is 0 Å². The highest BCUT2D eigenvalue weighted by Gasteiger charge is 2.08. The first-order valence-electron chi connectivity index (χ1n) is 6.12. The van der Waals surface area contributed by atoms with Gasteiger partial charge in [0.15, 0.2) is 0 Å². The summed E-state index contributed by atoms with van der Waals surface area (Å²) in [6.07, 6.45) is 0.750. The van der Waals surface area contributed by atoms with Crippen LogP contribution in [0.1, 0.15) is 5.56 Å². The van der Waals surface area contributed by atoms with E-state index >= 15 is 0 Å². The van der Waals surface area contributed by atoms with E-state index in [4.69, 9.17) is 28.9 Å². The van der Waals surface area contributed by atoms with Crippen LogP contribution in [0.25, 0.3) is 0 Å². The van der Waals surface area contributed by atoms with E-state index in [0.29, 0.717) is 10.0 Å². The third-order valence-electron chi connectivity index (χ3n) is 2.77. The molecule has 0 saturated heterocycles. The molecule has 0 fully saturated rings. The van der Waals surface area contributed by atoms with Crippen LogP contribution in [0.3, 0.4) is 0 Å². The minimum absolute atomic E-state index is 0.0577. The van der Waals surface area contributed by atoms with E-state index in [1.165, 1.54) is 4.90 Å². The Morgan fingerprint density at radius 3 is 2.45 bits per heavy atom. The van der Waals surface area contributed by atoms with Crippen LogP contribution in [-0.4, -0.2) is 11.8 Å².